The highest BCUT2D eigenvalue weighted by Gasteiger charge is 2.16. The van der Waals surface area contributed by atoms with Crippen LogP contribution < -0.4 is 14.8 Å². The van der Waals surface area contributed by atoms with E-state index in [1.165, 1.54) is 11.3 Å². The second-order valence-electron chi connectivity index (χ2n) is 6.19. The molecule has 0 unspecified atom stereocenters. The lowest BCUT2D eigenvalue weighted by Gasteiger charge is -2.09. The van der Waals surface area contributed by atoms with Gasteiger partial charge < -0.3 is 14.8 Å². The molecular weight excluding hydrogens is 358 g/mol. The van der Waals surface area contributed by atoms with Crippen LogP contribution in [0.4, 0.5) is 5.69 Å². The second-order valence-corrected chi connectivity index (χ2v) is 7.05. The van der Waals surface area contributed by atoms with Gasteiger partial charge in [0.15, 0.2) is 11.5 Å². The van der Waals surface area contributed by atoms with Gasteiger partial charge in [0.25, 0.3) is 0 Å². The van der Waals surface area contributed by atoms with Crippen molar-refractivity contribution in [1.29, 1.82) is 5.26 Å². The van der Waals surface area contributed by atoms with E-state index in [9.17, 15) is 5.26 Å². The first-order valence-corrected chi connectivity index (χ1v) is 9.32. The van der Waals surface area contributed by atoms with Crippen molar-refractivity contribution in [2.24, 2.45) is 0 Å². The molecule has 3 aromatic rings. The van der Waals surface area contributed by atoms with E-state index in [2.05, 4.69) is 16.4 Å². The first-order valence-electron chi connectivity index (χ1n) is 8.44. The van der Waals surface area contributed by atoms with E-state index in [4.69, 9.17) is 9.47 Å². The molecular formula is C21H17N3O2S. The number of thiazole rings is 1. The lowest BCUT2D eigenvalue weighted by atomic mass is 10.1. The van der Waals surface area contributed by atoms with Gasteiger partial charge in [0.1, 0.15) is 16.6 Å². The van der Waals surface area contributed by atoms with Crippen LogP contribution in [0.15, 0.2) is 48.0 Å². The minimum Gasteiger partial charge on any atom is -0.454 e. The monoisotopic (exact) mass is 375 g/mol. The Bertz CT molecular complexity index is 1060. The van der Waals surface area contributed by atoms with Crippen LogP contribution in [0, 0.1) is 25.2 Å². The Kier molecular flexibility index (Phi) is 4.53. The maximum Gasteiger partial charge on any atom is 0.231 e. The number of nitrogens with one attached hydrogen (secondary N) is 1. The van der Waals surface area contributed by atoms with Crippen molar-refractivity contribution in [2.45, 2.75) is 13.8 Å². The highest BCUT2D eigenvalue weighted by atomic mass is 32.1. The van der Waals surface area contributed by atoms with Crippen molar-refractivity contribution in [3.05, 3.63) is 64.1 Å². The van der Waals surface area contributed by atoms with Crippen LogP contribution in [0.5, 0.6) is 11.5 Å². The molecule has 0 saturated heterocycles. The Morgan fingerprint density at radius 1 is 1.19 bits per heavy atom. The minimum atomic E-state index is 0.242. The van der Waals surface area contributed by atoms with E-state index in [1.54, 1.807) is 6.20 Å². The number of nitrogens with zero attached hydrogens (tertiary/aromatic N) is 2. The number of rotatable bonds is 4. The summed E-state index contributed by atoms with van der Waals surface area (Å²) in [4.78, 5) is 4.63. The third-order valence-corrected chi connectivity index (χ3v) is 5.24. The van der Waals surface area contributed by atoms with Gasteiger partial charge in [0, 0.05) is 22.8 Å². The number of aryl methyl sites for hydroxylation is 2. The zero-order chi connectivity index (χ0) is 18.8. The number of para-hydroxylation sites is 1. The summed E-state index contributed by atoms with van der Waals surface area (Å²) in [6.45, 7) is 4.32. The van der Waals surface area contributed by atoms with Crippen molar-refractivity contribution in [3.8, 4) is 28.8 Å². The molecule has 27 heavy (non-hydrogen) atoms. The van der Waals surface area contributed by atoms with Crippen molar-refractivity contribution in [3.63, 3.8) is 0 Å². The van der Waals surface area contributed by atoms with Crippen molar-refractivity contribution in [2.75, 3.05) is 12.1 Å². The molecule has 0 saturated carbocycles. The quantitative estimate of drug-likeness (QED) is 0.640. The van der Waals surface area contributed by atoms with Crippen LogP contribution in [0.2, 0.25) is 0 Å². The smallest absolute Gasteiger partial charge is 0.231 e. The van der Waals surface area contributed by atoms with Crippen LogP contribution >= 0.6 is 11.3 Å². The number of ether oxygens (including phenoxy) is 2. The molecule has 0 spiro atoms. The molecule has 1 aromatic heterocycles. The Balaban J connectivity index is 1.60. The molecule has 5 nitrogen and oxygen atoms in total. The number of hydrogen-bond acceptors (Lipinski definition) is 6. The van der Waals surface area contributed by atoms with E-state index in [1.807, 2.05) is 55.6 Å². The molecule has 1 aliphatic heterocycles. The fourth-order valence-electron chi connectivity index (χ4n) is 2.91. The normalized spacial score (nSPS) is 12.7. The van der Waals surface area contributed by atoms with Crippen molar-refractivity contribution in [1.82, 2.24) is 4.98 Å². The van der Waals surface area contributed by atoms with Crippen LogP contribution in [0.3, 0.4) is 0 Å². The van der Waals surface area contributed by atoms with Gasteiger partial charge in [-0.3, -0.25) is 0 Å². The SMILES string of the molecule is Cc1cccc(C)c1N/C=C(/C#N)c1nc(-c2ccc3c(c2)OCO3)cs1. The summed E-state index contributed by atoms with van der Waals surface area (Å²) in [5.41, 5.74) is 5.50. The van der Waals surface area contributed by atoms with Gasteiger partial charge in [-0.15, -0.1) is 11.3 Å². The number of anilines is 1. The Hall–Kier alpha value is -3.30. The molecule has 134 valence electrons. The highest BCUT2D eigenvalue weighted by molar-refractivity contribution is 7.11. The summed E-state index contributed by atoms with van der Waals surface area (Å²) in [5, 5.41) is 15.4. The Labute approximate surface area is 161 Å². The molecule has 2 heterocycles. The van der Waals surface area contributed by atoms with E-state index >= 15 is 0 Å². The first kappa shape index (κ1) is 17.1. The number of allylic oxidation sites excluding steroid dienone is 1. The third-order valence-electron chi connectivity index (χ3n) is 4.37. The summed E-state index contributed by atoms with van der Waals surface area (Å²) >= 11 is 1.44. The summed E-state index contributed by atoms with van der Waals surface area (Å²) in [5.74, 6) is 1.46. The molecule has 0 atom stereocenters. The average molecular weight is 375 g/mol. The zero-order valence-corrected chi connectivity index (χ0v) is 15.8. The second kappa shape index (κ2) is 7.14. The molecule has 0 bridgehead atoms. The summed E-state index contributed by atoms with van der Waals surface area (Å²) < 4.78 is 10.8. The maximum atomic E-state index is 9.57. The lowest BCUT2D eigenvalue weighted by Crippen LogP contribution is -1.96. The molecule has 0 aliphatic carbocycles. The molecule has 4 rings (SSSR count). The third kappa shape index (κ3) is 3.37. The summed E-state index contributed by atoms with van der Waals surface area (Å²) in [7, 11) is 0. The maximum absolute atomic E-state index is 9.57. The van der Waals surface area contributed by atoms with Crippen LogP contribution in [0.25, 0.3) is 16.8 Å². The predicted octanol–water partition coefficient (Wildman–Crippen LogP) is 5.13. The number of nitriles is 1. The van der Waals surface area contributed by atoms with Gasteiger partial charge in [0.2, 0.25) is 6.79 Å². The standard InChI is InChI=1S/C21H17N3O2S/c1-13-4-3-5-14(2)20(13)23-10-16(9-22)21-24-17(11-27-21)15-6-7-18-19(8-15)26-12-25-18/h3-8,10-11,23H,12H2,1-2H3/b16-10-. The molecule has 0 amide bonds. The summed E-state index contributed by atoms with van der Waals surface area (Å²) in [6.07, 6.45) is 1.72. The van der Waals surface area contributed by atoms with E-state index in [0.29, 0.717) is 10.6 Å². The fraction of sp³-hybridized carbons (Fsp3) is 0.143. The van der Waals surface area contributed by atoms with Gasteiger partial charge >= 0.3 is 0 Å². The molecule has 6 heteroatoms. The van der Waals surface area contributed by atoms with Crippen molar-refractivity contribution >= 4 is 22.6 Å². The van der Waals surface area contributed by atoms with E-state index in [0.717, 1.165) is 39.6 Å². The fourth-order valence-corrected chi connectivity index (χ4v) is 3.71. The van der Waals surface area contributed by atoms with Gasteiger partial charge in [-0.05, 0) is 43.2 Å². The molecule has 2 aromatic carbocycles. The predicted molar refractivity (Wildman–Crippen MR) is 107 cm³/mol. The zero-order valence-electron chi connectivity index (χ0n) is 14.9. The number of fused-ring (bicyclic) bond motifs is 1. The Morgan fingerprint density at radius 2 is 1.96 bits per heavy atom. The van der Waals surface area contributed by atoms with Crippen LogP contribution in [-0.2, 0) is 0 Å². The first-order chi connectivity index (χ1) is 13.2. The minimum absolute atomic E-state index is 0.242. The molecule has 1 N–H and O–H groups in total. The lowest BCUT2D eigenvalue weighted by molar-refractivity contribution is 0.174. The number of aromatic nitrogens is 1. The van der Waals surface area contributed by atoms with Crippen LogP contribution in [-0.4, -0.2) is 11.8 Å². The number of hydrogen-bond donors (Lipinski definition) is 1. The molecule has 0 radical (unpaired) electrons. The van der Waals surface area contributed by atoms with Crippen LogP contribution in [0.1, 0.15) is 16.1 Å². The van der Waals surface area contributed by atoms with Gasteiger partial charge in [-0.25, -0.2) is 4.98 Å². The van der Waals surface area contributed by atoms with E-state index < -0.39 is 0 Å². The number of benzene rings is 2. The van der Waals surface area contributed by atoms with Crippen molar-refractivity contribution < 1.29 is 9.47 Å². The topological polar surface area (TPSA) is 67.2 Å². The van der Waals surface area contributed by atoms with Gasteiger partial charge in [-0.2, -0.15) is 5.26 Å². The summed E-state index contributed by atoms with van der Waals surface area (Å²) in [6, 6.07) is 14.1. The van der Waals surface area contributed by atoms with E-state index in [-0.39, 0.29) is 6.79 Å². The largest absolute Gasteiger partial charge is 0.454 e. The highest BCUT2D eigenvalue weighted by Crippen LogP contribution is 2.36. The van der Waals surface area contributed by atoms with Gasteiger partial charge in [-0.1, -0.05) is 18.2 Å². The molecule has 0 fully saturated rings. The molecule has 1 aliphatic rings. The van der Waals surface area contributed by atoms with Gasteiger partial charge in [0.05, 0.1) is 5.69 Å². The Morgan fingerprint density at radius 3 is 2.74 bits per heavy atom. The average Bonchev–Trinajstić information content (AvgIpc) is 3.33.